The Morgan fingerprint density at radius 2 is 2.00 bits per heavy atom. The third-order valence-electron chi connectivity index (χ3n) is 2.39. The van der Waals surface area contributed by atoms with Gasteiger partial charge in [0, 0.05) is 6.08 Å². The van der Waals surface area contributed by atoms with E-state index in [0.29, 0.717) is 5.56 Å². The van der Waals surface area contributed by atoms with Crippen LogP contribution in [0.1, 0.15) is 19.4 Å². The molecule has 0 aromatic heterocycles. The average molecular weight is 285 g/mol. The van der Waals surface area contributed by atoms with Crippen molar-refractivity contribution in [2.45, 2.75) is 26.0 Å². The highest BCUT2D eigenvalue weighted by Gasteiger charge is 2.17. The summed E-state index contributed by atoms with van der Waals surface area (Å²) in [6.45, 7) is 0.347. The van der Waals surface area contributed by atoms with Gasteiger partial charge >= 0.3 is 6.61 Å². The van der Waals surface area contributed by atoms with Crippen LogP contribution in [-0.4, -0.2) is 29.8 Å². The number of hydrogen-bond acceptors (Lipinski definition) is 3. The van der Waals surface area contributed by atoms with Gasteiger partial charge in [-0.1, -0.05) is 12.1 Å². The number of carbonyl (C=O) groups is 1. The second-order valence-electron chi connectivity index (χ2n) is 4.81. The zero-order valence-corrected chi connectivity index (χ0v) is 11.3. The number of halogens is 2. The topological polar surface area (TPSA) is 58.6 Å². The third kappa shape index (κ3) is 5.79. The van der Waals surface area contributed by atoms with Crippen LogP contribution in [0.5, 0.6) is 5.75 Å². The molecular weight excluding hydrogens is 268 g/mol. The average Bonchev–Trinajstić information content (AvgIpc) is 2.37. The second kappa shape index (κ2) is 7.00. The Balaban J connectivity index is 2.60. The standard InChI is InChI=1S/C14H17F2NO3/c1-14(2,9-18)17-12(19)8-5-10-3-6-11(7-4-10)20-13(15)16/h3-8,13,18H,9H2,1-2H3,(H,17,19)/b8-5+. The largest absolute Gasteiger partial charge is 0.435 e. The van der Waals surface area contributed by atoms with Gasteiger partial charge in [-0.15, -0.1) is 0 Å². The van der Waals surface area contributed by atoms with Crippen molar-refractivity contribution >= 4 is 12.0 Å². The number of ether oxygens (including phenoxy) is 1. The van der Waals surface area contributed by atoms with Crippen LogP contribution in [0.3, 0.4) is 0 Å². The summed E-state index contributed by atoms with van der Waals surface area (Å²) in [6, 6.07) is 5.89. The highest BCUT2D eigenvalue weighted by Crippen LogP contribution is 2.15. The molecule has 1 rings (SSSR count). The monoisotopic (exact) mass is 285 g/mol. The number of alkyl halides is 2. The van der Waals surface area contributed by atoms with E-state index in [-0.39, 0.29) is 18.3 Å². The first-order valence-electron chi connectivity index (χ1n) is 5.98. The molecule has 0 unspecified atom stereocenters. The zero-order chi connectivity index (χ0) is 15.2. The maximum atomic E-state index is 12.0. The first-order valence-corrected chi connectivity index (χ1v) is 5.98. The van der Waals surface area contributed by atoms with Crippen molar-refractivity contribution in [1.29, 1.82) is 0 Å². The molecule has 0 atom stereocenters. The summed E-state index contributed by atoms with van der Waals surface area (Å²) in [6.07, 6.45) is 2.84. The van der Waals surface area contributed by atoms with Gasteiger partial charge in [0.25, 0.3) is 0 Å². The van der Waals surface area contributed by atoms with Crippen molar-refractivity contribution in [3.63, 3.8) is 0 Å². The number of aliphatic hydroxyl groups excluding tert-OH is 1. The molecule has 1 amide bonds. The second-order valence-corrected chi connectivity index (χ2v) is 4.81. The fraction of sp³-hybridized carbons (Fsp3) is 0.357. The minimum Gasteiger partial charge on any atom is -0.435 e. The molecule has 1 aromatic carbocycles. The van der Waals surface area contributed by atoms with E-state index < -0.39 is 12.2 Å². The van der Waals surface area contributed by atoms with Crippen LogP contribution in [0.25, 0.3) is 6.08 Å². The molecule has 0 aliphatic rings. The highest BCUT2D eigenvalue weighted by molar-refractivity contribution is 5.92. The van der Waals surface area contributed by atoms with Gasteiger partial charge in [0.15, 0.2) is 0 Å². The molecule has 0 radical (unpaired) electrons. The fourth-order valence-corrected chi connectivity index (χ4v) is 1.35. The van der Waals surface area contributed by atoms with Gasteiger partial charge in [0.1, 0.15) is 5.75 Å². The molecular formula is C14H17F2NO3. The van der Waals surface area contributed by atoms with Crippen molar-refractivity contribution in [2.75, 3.05) is 6.61 Å². The van der Waals surface area contributed by atoms with Crippen LogP contribution in [-0.2, 0) is 4.79 Å². The number of rotatable bonds is 6. The Kier molecular flexibility index (Phi) is 5.64. The SMILES string of the molecule is CC(C)(CO)NC(=O)/C=C/c1ccc(OC(F)F)cc1. The molecule has 0 spiro atoms. The zero-order valence-electron chi connectivity index (χ0n) is 11.3. The summed E-state index contributed by atoms with van der Waals surface area (Å²) in [4.78, 5) is 11.6. The number of carbonyl (C=O) groups excluding carboxylic acids is 1. The summed E-state index contributed by atoms with van der Waals surface area (Å²) < 4.78 is 28.1. The molecule has 0 saturated carbocycles. The Hall–Kier alpha value is -1.95. The summed E-state index contributed by atoms with van der Waals surface area (Å²) in [5.74, 6) is -0.292. The smallest absolute Gasteiger partial charge is 0.387 e. The molecule has 0 saturated heterocycles. The van der Waals surface area contributed by atoms with E-state index in [9.17, 15) is 13.6 Å². The van der Waals surface area contributed by atoms with Gasteiger partial charge in [-0.2, -0.15) is 8.78 Å². The summed E-state index contributed by atoms with van der Waals surface area (Å²) in [7, 11) is 0. The minimum absolute atomic E-state index is 0.0583. The molecule has 6 heteroatoms. The van der Waals surface area contributed by atoms with Crippen molar-refractivity contribution in [3.8, 4) is 5.75 Å². The van der Waals surface area contributed by atoms with E-state index in [4.69, 9.17) is 5.11 Å². The molecule has 0 bridgehead atoms. The summed E-state index contributed by atoms with van der Waals surface area (Å²) in [5, 5.41) is 11.6. The maximum Gasteiger partial charge on any atom is 0.387 e. The molecule has 0 heterocycles. The van der Waals surface area contributed by atoms with E-state index in [0.717, 1.165) is 0 Å². The lowest BCUT2D eigenvalue weighted by molar-refractivity contribution is -0.118. The molecule has 110 valence electrons. The van der Waals surface area contributed by atoms with E-state index >= 15 is 0 Å². The van der Waals surface area contributed by atoms with Crippen LogP contribution >= 0.6 is 0 Å². The number of nitrogens with one attached hydrogen (secondary N) is 1. The van der Waals surface area contributed by atoms with E-state index in [2.05, 4.69) is 10.1 Å². The number of aliphatic hydroxyl groups is 1. The van der Waals surface area contributed by atoms with Crippen molar-refractivity contribution < 1.29 is 23.4 Å². The number of amides is 1. The van der Waals surface area contributed by atoms with Crippen LogP contribution in [0.2, 0.25) is 0 Å². The first kappa shape index (κ1) is 16.1. The van der Waals surface area contributed by atoms with E-state index in [1.165, 1.54) is 24.3 Å². The van der Waals surface area contributed by atoms with Crippen LogP contribution in [0.4, 0.5) is 8.78 Å². The van der Waals surface area contributed by atoms with Gasteiger partial charge in [-0.3, -0.25) is 4.79 Å². The Morgan fingerprint density at radius 1 is 1.40 bits per heavy atom. The van der Waals surface area contributed by atoms with Gasteiger partial charge in [0.05, 0.1) is 12.1 Å². The fourth-order valence-electron chi connectivity index (χ4n) is 1.35. The van der Waals surface area contributed by atoms with Crippen molar-refractivity contribution in [3.05, 3.63) is 35.9 Å². The maximum absolute atomic E-state index is 12.0. The number of hydrogen-bond donors (Lipinski definition) is 2. The molecule has 0 aliphatic carbocycles. The van der Waals surface area contributed by atoms with E-state index in [1.807, 2.05) is 0 Å². The first-order chi connectivity index (χ1) is 9.32. The van der Waals surface area contributed by atoms with Gasteiger partial charge in [0.2, 0.25) is 5.91 Å². The lowest BCUT2D eigenvalue weighted by atomic mass is 10.1. The summed E-state index contributed by atoms with van der Waals surface area (Å²) >= 11 is 0. The summed E-state index contributed by atoms with van der Waals surface area (Å²) in [5.41, 5.74) is -0.0281. The lowest BCUT2D eigenvalue weighted by Crippen LogP contribution is -2.45. The quantitative estimate of drug-likeness (QED) is 0.788. The molecule has 0 fully saturated rings. The lowest BCUT2D eigenvalue weighted by Gasteiger charge is -2.22. The van der Waals surface area contributed by atoms with Crippen molar-refractivity contribution in [1.82, 2.24) is 5.32 Å². The van der Waals surface area contributed by atoms with Crippen LogP contribution in [0, 0.1) is 0 Å². The normalized spacial score (nSPS) is 11.9. The molecule has 1 aromatic rings. The predicted molar refractivity (Wildman–Crippen MR) is 71.4 cm³/mol. The predicted octanol–water partition coefficient (Wildman–Crippen LogP) is 2.19. The molecule has 4 nitrogen and oxygen atoms in total. The Labute approximate surface area is 116 Å². The Morgan fingerprint density at radius 3 is 2.50 bits per heavy atom. The van der Waals surface area contributed by atoms with Gasteiger partial charge in [-0.05, 0) is 37.6 Å². The van der Waals surface area contributed by atoms with Gasteiger partial charge < -0.3 is 15.2 Å². The van der Waals surface area contributed by atoms with E-state index in [1.54, 1.807) is 26.0 Å². The van der Waals surface area contributed by atoms with Crippen molar-refractivity contribution in [2.24, 2.45) is 0 Å². The Bertz CT molecular complexity index is 470. The number of benzene rings is 1. The minimum atomic E-state index is -2.86. The van der Waals surface area contributed by atoms with Crippen LogP contribution < -0.4 is 10.1 Å². The molecule has 2 N–H and O–H groups in total. The molecule has 20 heavy (non-hydrogen) atoms. The van der Waals surface area contributed by atoms with Gasteiger partial charge in [-0.25, -0.2) is 0 Å². The van der Waals surface area contributed by atoms with Crippen LogP contribution in [0.15, 0.2) is 30.3 Å². The molecule has 0 aliphatic heterocycles. The highest BCUT2D eigenvalue weighted by atomic mass is 19.3. The third-order valence-corrected chi connectivity index (χ3v) is 2.39.